The van der Waals surface area contributed by atoms with Gasteiger partial charge >= 0.3 is 0 Å². The fraction of sp³-hybridized carbons (Fsp3) is 0.107. The van der Waals surface area contributed by atoms with Crippen molar-refractivity contribution < 1.29 is 13.2 Å². The van der Waals surface area contributed by atoms with Gasteiger partial charge in [-0.3, -0.25) is 9.10 Å². The Morgan fingerprint density at radius 1 is 0.829 bits per heavy atom. The molecule has 35 heavy (non-hydrogen) atoms. The number of hydrogen-bond donors (Lipinski definition) is 1. The van der Waals surface area contributed by atoms with Crippen LogP contribution in [-0.2, 0) is 14.8 Å². The number of hydrogen-bond acceptors (Lipinski definition) is 3. The number of amides is 1. The third-order valence-electron chi connectivity index (χ3n) is 5.55. The molecule has 0 bridgehead atoms. The molecule has 4 aromatic carbocycles. The zero-order chi connectivity index (χ0) is 24.8. The van der Waals surface area contributed by atoms with E-state index in [2.05, 4.69) is 27.9 Å². The van der Waals surface area contributed by atoms with Crippen LogP contribution >= 0.6 is 22.6 Å². The second-order valence-corrected chi connectivity index (χ2v) is 11.2. The number of carbonyl (C=O) groups excluding carboxylic acids is 1. The lowest BCUT2D eigenvalue weighted by Crippen LogP contribution is -2.42. The van der Waals surface area contributed by atoms with E-state index in [-0.39, 0.29) is 11.4 Å². The topological polar surface area (TPSA) is 66.5 Å². The zero-order valence-corrected chi connectivity index (χ0v) is 22.1. The molecule has 1 N–H and O–H groups in total. The summed E-state index contributed by atoms with van der Waals surface area (Å²) in [5, 5.41) is 3.07. The van der Waals surface area contributed by atoms with Crippen LogP contribution in [0.25, 0.3) is 0 Å². The summed E-state index contributed by atoms with van der Waals surface area (Å²) >= 11 is 2.16. The van der Waals surface area contributed by atoms with Crippen molar-refractivity contribution in [2.45, 2.75) is 17.9 Å². The Kier molecular flexibility index (Phi) is 7.87. The summed E-state index contributed by atoms with van der Waals surface area (Å²) in [6.45, 7) is 1.64. The summed E-state index contributed by atoms with van der Waals surface area (Å²) in [7, 11) is -3.96. The van der Waals surface area contributed by atoms with E-state index in [1.165, 1.54) is 12.1 Å². The van der Waals surface area contributed by atoms with E-state index >= 15 is 0 Å². The fourth-order valence-corrected chi connectivity index (χ4v) is 5.64. The van der Waals surface area contributed by atoms with E-state index in [0.29, 0.717) is 5.69 Å². The molecule has 0 heterocycles. The molecule has 5 nitrogen and oxygen atoms in total. The Balaban J connectivity index is 1.68. The van der Waals surface area contributed by atoms with Crippen LogP contribution in [0.1, 0.15) is 22.7 Å². The molecule has 0 saturated heterocycles. The number of nitrogens with one attached hydrogen (secondary N) is 1. The predicted octanol–water partition coefficient (Wildman–Crippen LogP) is 5.70. The van der Waals surface area contributed by atoms with Crippen LogP contribution in [0.4, 0.5) is 5.69 Å². The number of sulfonamides is 1. The van der Waals surface area contributed by atoms with E-state index in [0.717, 1.165) is 24.6 Å². The van der Waals surface area contributed by atoms with Crippen molar-refractivity contribution in [1.29, 1.82) is 0 Å². The van der Waals surface area contributed by atoms with E-state index in [1.807, 2.05) is 73.7 Å². The van der Waals surface area contributed by atoms with Gasteiger partial charge in [-0.15, -0.1) is 0 Å². The molecule has 0 fully saturated rings. The first-order chi connectivity index (χ1) is 16.8. The molecule has 7 heteroatoms. The third kappa shape index (κ3) is 6.10. The standard InChI is InChI=1S/C28H25IN2O3S/c1-21-9-8-12-23(19-21)28(22-10-4-2-5-11-22)30-27(32)20-31(25-17-15-24(29)16-18-25)35(33,34)26-13-6-3-7-14-26/h2-19,28H,20H2,1H3,(H,30,32). The summed E-state index contributed by atoms with van der Waals surface area (Å²) < 4.78 is 29.3. The molecule has 4 aromatic rings. The molecule has 178 valence electrons. The second kappa shape index (κ2) is 11.0. The number of rotatable bonds is 8. The smallest absolute Gasteiger partial charge is 0.264 e. The van der Waals surface area contributed by atoms with Gasteiger partial charge in [0.1, 0.15) is 6.54 Å². The average Bonchev–Trinajstić information content (AvgIpc) is 2.87. The minimum atomic E-state index is -3.96. The van der Waals surface area contributed by atoms with Crippen LogP contribution in [0, 0.1) is 10.5 Å². The summed E-state index contributed by atoms with van der Waals surface area (Å²) in [5.41, 5.74) is 3.34. The normalized spacial score (nSPS) is 12.1. The van der Waals surface area contributed by atoms with Gasteiger partial charge in [-0.05, 0) is 77.0 Å². The first kappa shape index (κ1) is 24.9. The maximum atomic E-state index is 13.6. The van der Waals surface area contributed by atoms with Gasteiger partial charge in [-0.2, -0.15) is 0 Å². The average molecular weight is 596 g/mol. The van der Waals surface area contributed by atoms with E-state index < -0.39 is 22.0 Å². The maximum Gasteiger partial charge on any atom is 0.264 e. The number of anilines is 1. The molecule has 1 amide bonds. The van der Waals surface area contributed by atoms with Crippen LogP contribution in [0.2, 0.25) is 0 Å². The van der Waals surface area contributed by atoms with Gasteiger partial charge < -0.3 is 5.32 Å². The summed E-state index contributed by atoms with van der Waals surface area (Å²) in [5.74, 6) is -0.404. The quantitative estimate of drug-likeness (QED) is 0.266. The van der Waals surface area contributed by atoms with Gasteiger partial charge in [0.25, 0.3) is 10.0 Å². The second-order valence-electron chi connectivity index (χ2n) is 8.13. The van der Waals surface area contributed by atoms with Crippen LogP contribution in [0.15, 0.2) is 114 Å². The molecule has 1 unspecified atom stereocenters. The van der Waals surface area contributed by atoms with Crippen molar-refractivity contribution in [3.63, 3.8) is 0 Å². The highest BCUT2D eigenvalue weighted by atomic mass is 127. The molecule has 0 radical (unpaired) electrons. The van der Waals surface area contributed by atoms with Gasteiger partial charge in [0.2, 0.25) is 5.91 Å². The van der Waals surface area contributed by atoms with E-state index in [1.54, 1.807) is 30.3 Å². The summed E-state index contributed by atoms with van der Waals surface area (Å²) in [4.78, 5) is 13.5. The van der Waals surface area contributed by atoms with E-state index in [4.69, 9.17) is 0 Å². The third-order valence-corrected chi connectivity index (χ3v) is 8.05. The van der Waals surface area contributed by atoms with Crippen molar-refractivity contribution in [1.82, 2.24) is 5.32 Å². The molecule has 0 spiro atoms. The number of halogens is 1. The van der Waals surface area contributed by atoms with Crippen LogP contribution in [-0.4, -0.2) is 20.9 Å². The van der Waals surface area contributed by atoms with Gasteiger partial charge in [0.15, 0.2) is 0 Å². The monoisotopic (exact) mass is 596 g/mol. The van der Waals surface area contributed by atoms with Crippen molar-refractivity contribution >= 4 is 44.2 Å². The molecule has 0 aliphatic rings. The van der Waals surface area contributed by atoms with Crippen molar-refractivity contribution in [3.8, 4) is 0 Å². The van der Waals surface area contributed by atoms with Crippen molar-refractivity contribution in [3.05, 3.63) is 129 Å². The Morgan fingerprint density at radius 2 is 1.43 bits per heavy atom. The highest BCUT2D eigenvalue weighted by molar-refractivity contribution is 14.1. The Bertz CT molecular complexity index is 1390. The summed E-state index contributed by atoms with van der Waals surface area (Å²) in [6.07, 6.45) is 0. The molecular weight excluding hydrogens is 571 g/mol. The minimum Gasteiger partial charge on any atom is -0.344 e. The van der Waals surface area contributed by atoms with Gasteiger partial charge in [-0.25, -0.2) is 8.42 Å². The molecule has 4 rings (SSSR count). The molecule has 0 aliphatic carbocycles. The maximum absolute atomic E-state index is 13.6. The first-order valence-electron chi connectivity index (χ1n) is 11.1. The number of carbonyl (C=O) groups is 1. The van der Waals surface area contributed by atoms with Gasteiger partial charge in [0, 0.05) is 3.57 Å². The SMILES string of the molecule is Cc1cccc(C(NC(=O)CN(c2ccc(I)cc2)S(=O)(=O)c2ccccc2)c2ccccc2)c1. The molecular formula is C28H25IN2O3S. The number of nitrogens with zero attached hydrogens (tertiary/aromatic N) is 1. The molecule has 0 aromatic heterocycles. The first-order valence-corrected chi connectivity index (χ1v) is 13.6. The minimum absolute atomic E-state index is 0.129. The van der Waals surface area contributed by atoms with Crippen LogP contribution < -0.4 is 9.62 Å². The molecule has 0 saturated carbocycles. The summed E-state index contributed by atoms with van der Waals surface area (Å²) in [6, 6.07) is 32.4. The largest absolute Gasteiger partial charge is 0.344 e. The number of aryl methyl sites for hydroxylation is 1. The van der Waals surface area contributed by atoms with Crippen LogP contribution in [0.3, 0.4) is 0 Å². The van der Waals surface area contributed by atoms with Crippen LogP contribution in [0.5, 0.6) is 0 Å². The van der Waals surface area contributed by atoms with Crippen molar-refractivity contribution in [2.75, 3.05) is 10.8 Å². The zero-order valence-electron chi connectivity index (χ0n) is 19.1. The fourth-order valence-electron chi connectivity index (χ4n) is 3.83. The molecule has 1 atom stereocenters. The highest BCUT2D eigenvalue weighted by Crippen LogP contribution is 2.26. The Labute approximate surface area is 220 Å². The number of benzene rings is 4. The lowest BCUT2D eigenvalue weighted by atomic mass is 9.97. The Morgan fingerprint density at radius 3 is 2.06 bits per heavy atom. The Hall–Kier alpha value is -3.17. The lowest BCUT2D eigenvalue weighted by molar-refractivity contribution is -0.120. The van der Waals surface area contributed by atoms with E-state index in [9.17, 15) is 13.2 Å². The van der Waals surface area contributed by atoms with Gasteiger partial charge in [-0.1, -0.05) is 78.4 Å². The lowest BCUT2D eigenvalue weighted by Gasteiger charge is -2.26. The predicted molar refractivity (Wildman–Crippen MR) is 148 cm³/mol. The highest BCUT2D eigenvalue weighted by Gasteiger charge is 2.28. The van der Waals surface area contributed by atoms with Crippen molar-refractivity contribution in [2.24, 2.45) is 0 Å². The van der Waals surface area contributed by atoms with Gasteiger partial charge in [0.05, 0.1) is 16.6 Å². The molecule has 0 aliphatic heterocycles.